The van der Waals surface area contributed by atoms with E-state index in [2.05, 4.69) is 10.5 Å². The van der Waals surface area contributed by atoms with Crippen molar-refractivity contribution in [1.29, 1.82) is 0 Å². The van der Waals surface area contributed by atoms with Gasteiger partial charge in [-0.1, -0.05) is 56.3 Å². The largest absolute Gasteiger partial charge is 0.490 e. The van der Waals surface area contributed by atoms with E-state index in [1.807, 2.05) is 86.8 Å². The molecule has 2 N–H and O–H groups in total. The fourth-order valence-corrected chi connectivity index (χ4v) is 6.44. The van der Waals surface area contributed by atoms with Gasteiger partial charge in [0.25, 0.3) is 5.91 Å². The Morgan fingerprint density at radius 1 is 1.07 bits per heavy atom. The average Bonchev–Trinajstić information content (AvgIpc) is 3.67. The lowest BCUT2D eigenvalue weighted by Gasteiger charge is -2.34. The molecule has 0 spiro atoms. The van der Waals surface area contributed by atoms with Crippen LogP contribution in [-0.2, 0) is 14.4 Å². The monoisotopic (exact) mass is 585 g/mol. The van der Waals surface area contributed by atoms with E-state index >= 15 is 0 Å². The molecule has 6 rings (SSSR count). The number of carboxylic acids is 1. The van der Waals surface area contributed by atoms with Gasteiger partial charge in [-0.3, -0.25) is 9.59 Å². The third-order valence-corrected chi connectivity index (χ3v) is 8.71. The van der Waals surface area contributed by atoms with Crippen LogP contribution in [0.5, 0.6) is 5.75 Å². The lowest BCUT2D eigenvalue weighted by Crippen LogP contribution is -2.56. The maximum absolute atomic E-state index is 13.9. The molecule has 1 fully saturated rings. The summed E-state index contributed by atoms with van der Waals surface area (Å²) in [5, 5.41) is 19.3. The highest BCUT2D eigenvalue weighted by molar-refractivity contribution is 7.12. The number of thiophene rings is 1. The molecule has 216 valence electrons. The zero-order chi connectivity index (χ0) is 29.6. The van der Waals surface area contributed by atoms with E-state index in [-0.39, 0.29) is 19.6 Å². The first-order valence-electron chi connectivity index (χ1n) is 13.8. The predicted molar refractivity (Wildman–Crippen MR) is 160 cm³/mol. The fourth-order valence-electron chi connectivity index (χ4n) is 5.66. The van der Waals surface area contributed by atoms with E-state index in [0.29, 0.717) is 21.9 Å². The third-order valence-electron chi connectivity index (χ3n) is 7.78. The second-order valence-corrected chi connectivity index (χ2v) is 12.6. The van der Waals surface area contributed by atoms with Crippen LogP contribution in [0.25, 0.3) is 17.2 Å². The van der Waals surface area contributed by atoms with Crippen molar-refractivity contribution in [2.24, 2.45) is 10.6 Å². The molecule has 4 bridgehead atoms. The minimum absolute atomic E-state index is 0.0275. The van der Waals surface area contributed by atoms with E-state index in [1.165, 1.54) is 16.2 Å². The molecule has 1 aliphatic carbocycles. The lowest BCUT2D eigenvalue weighted by atomic mass is 9.85. The number of rotatable bonds is 1. The summed E-state index contributed by atoms with van der Waals surface area (Å²) in [5.74, 6) is -1.35. The molecular weight excluding hydrogens is 554 g/mol. The normalized spacial score (nSPS) is 22.0. The lowest BCUT2D eigenvalue weighted by molar-refractivity contribution is -0.150. The summed E-state index contributed by atoms with van der Waals surface area (Å²) in [4.78, 5) is 47.4. The van der Waals surface area contributed by atoms with Crippen LogP contribution < -0.4 is 10.1 Å². The Kier molecular flexibility index (Phi) is 7.10. The number of nitrogens with zero attached hydrogens (tertiary/aromatic N) is 2. The Hall–Kier alpha value is -4.44. The van der Waals surface area contributed by atoms with Crippen molar-refractivity contribution in [1.82, 2.24) is 10.2 Å². The van der Waals surface area contributed by atoms with Gasteiger partial charge in [0.2, 0.25) is 5.91 Å². The van der Waals surface area contributed by atoms with Gasteiger partial charge in [0.05, 0.1) is 11.4 Å². The van der Waals surface area contributed by atoms with Crippen LogP contribution in [0, 0.1) is 5.41 Å². The SMILES string of the molecule is CC(C)(C)[C@@H]1NC(=O)c2sccc2C=CCOc2ccc3c(c2)C(=NO[C@@H]2C[C@@H](C(=O)O)N(C2)C1=O)c1ccccc1-3. The van der Waals surface area contributed by atoms with Gasteiger partial charge in [0.15, 0.2) is 0 Å². The Morgan fingerprint density at radius 3 is 2.60 bits per heavy atom. The number of amides is 2. The molecule has 3 heterocycles. The van der Waals surface area contributed by atoms with Crippen molar-refractivity contribution in [3.63, 3.8) is 0 Å². The van der Waals surface area contributed by atoms with Crippen LogP contribution >= 0.6 is 11.3 Å². The van der Waals surface area contributed by atoms with Crippen molar-refractivity contribution in [3.8, 4) is 16.9 Å². The number of carboxylic acid groups (broad SMARTS) is 1. The van der Waals surface area contributed by atoms with Crippen LogP contribution in [0.3, 0.4) is 0 Å². The molecule has 9 nitrogen and oxygen atoms in total. The Morgan fingerprint density at radius 2 is 1.83 bits per heavy atom. The summed E-state index contributed by atoms with van der Waals surface area (Å²) in [6.45, 7) is 5.83. The summed E-state index contributed by atoms with van der Waals surface area (Å²) >= 11 is 1.27. The minimum Gasteiger partial charge on any atom is -0.490 e. The second-order valence-electron chi connectivity index (χ2n) is 11.7. The van der Waals surface area contributed by atoms with E-state index in [1.54, 1.807) is 0 Å². The number of carbonyl (C=O) groups excluding carboxylic acids is 2. The summed E-state index contributed by atoms with van der Waals surface area (Å²) < 4.78 is 6.03. The summed E-state index contributed by atoms with van der Waals surface area (Å²) in [7, 11) is 0. The molecule has 0 radical (unpaired) electrons. The van der Waals surface area contributed by atoms with Crippen molar-refractivity contribution < 1.29 is 29.1 Å². The maximum Gasteiger partial charge on any atom is 0.326 e. The van der Waals surface area contributed by atoms with Crippen molar-refractivity contribution in [3.05, 3.63) is 81.6 Å². The third kappa shape index (κ3) is 5.07. The Balaban J connectivity index is 1.42. The molecule has 2 aliphatic heterocycles. The zero-order valence-corrected chi connectivity index (χ0v) is 24.3. The molecule has 3 atom stereocenters. The number of carbonyl (C=O) groups is 3. The highest BCUT2D eigenvalue weighted by Crippen LogP contribution is 2.39. The van der Waals surface area contributed by atoms with E-state index in [9.17, 15) is 19.5 Å². The van der Waals surface area contributed by atoms with Crippen LogP contribution in [0.4, 0.5) is 0 Å². The van der Waals surface area contributed by atoms with Crippen LogP contribution in [-0.4, -0.2) is 64.8 Å². The molecular formula is C32H31N3O6S. The summed E-state index contributed by atoms with van der Waals surface area (Å²) in [5.41, 5.74) is 4.39. The molecule has 10 heteroatoms. The molecule has 1 saturated heterocycles. The number of oxime groups is 1. The average molecular weight is 586 g/mol. The number of benzene rings is 2. The molecule has 3 aliphatic rings. The second kappa shape index (κ2) is 10.8. The van der Waals surface area contributed by atoms with Gasteiger partial charge in [0.1, 0.15) is 36.3 Å². The molecule has 3 aromatic rings. The van der Waals surface area contributed by atoms with Crippen molar-refractivity contribution >= 4 is 40.9 Å². The van der Waals surface area contributed by atoms with Gasteiger partial charge in [-0.15, -0.1) is 11.3 Å². The first kappa shape index (κ1) is 27.7. The van der Waals surface area contributed by atoms with Gasteiger partial charge in [0, 0.05) is 17.5 Å². The smallest absolute Gasteiger partial charge is 0.326 e. The predicted octanol–water partition coefficient (Wildman–Crippen LogP) is 4.80. The van der Waals surface area contributed by atoms with Crippen molar-refractivity contribution in [2.45, 2.75) is 45.4 Å². The Labute approximate surface area is 247 Å². The number of fused-ring (bicyclic) bond motifs is 7. The first-order valence-corrected chi connectivity index (χ1v) is 14.7. The van der Waals surface area contributed by atoms with E-state index in [0.717, 1.165) is 22.3 Å². The van der Waals surface area contributed by atoms with Gasteiger partial charge >= 0.3 is 5.97 Å². The summed E-state index contributed by atoms with van der Waals surface area (Å²) in [6.07, 6.45) is 3.08. The number of hydrogen-bond donors (Lipinski definition) is 2. The molecule has 0 unspecified atom stereocenters. The molecule has 0 saturated carbocycles. The molecule has 42 heavy (non-hydrogen) atoms. The van der Waals surface area contributed by atoms with Crippen LogP contribution in [0.15, 0.2) is 65.1 Å². The number of ether oxygens (including phenoxy) is 1. The number of nitrogens with one attached hydrogen (secondary N) is 1. The van der Waals surface area contributed by atoms with Gasteiger partial charge in [-0.05, 0) is 57.8 Å². The van der Waals surface area contributed by atoms with Crippen molar-refractivity contribution in [2.75, 3.05) is 13.2 Å². The van der Waals surface area contributed by atoms with E-state index in [4.69, 9.17) is 9.57 Å². The highest BCUT2D eigenvalue weighted by atomic mass is 32.1. The first-order chi connectivity index (χ1) is 20.1. The van der Waals surface area contributed by atoms with Gasteiger partial charge in [-0.25, -0.2) is 4.79 Å². The maximum atomic E-state index is 13.9. The van der Waals surface area contributed by atoms with Gasteiger partial charge in [-0.2, -0.15) is 0 Å². The molecule has 1 aromatic heterocycles. The fraction of sp³-hybridized carbons (Fsp3) is 0.312. The summed E-state index contributed by atoms with van der Waals surface area (Å²) in [6, 6.07) is 13.5. The minimum atomic E-state index is -1.13. The van der Waals surface area contributed by atoms with Crippen LogP contribution in [0.2, 0.25) is 0 Å². The van der Waals surface area contributed by atoms with E-state index < -0.39 is 41.4 Å². The molecule has 2 amide bonds. The zero-order valence-electron chi connectivity index (χ0n) is 23.5. The highest BCUT2D eigenvalue weighted by Gasteiger charge is 2.46. The topological polar surface area (TPSA) is 118 Å². The quantitative estimate of drug-likeness (QED) is 0.331. The number of aliphatic carboxylic acids is 1. The van der Waals surface area contributed by atoms with Gasteiger partial charge < -0.3 is 24.9 Å². The standard InChI is InChI=1S/C32H31N3O6S/c1-32(2,3)28-30(37)35-17-20(16-25(35)31(38)39)41-34-26-23-9-5-4-8-21(23)22-11-10-19(15-24(22)26)40-13-6-7-18-12-14-42-27(18)29(36)33-28/h4-12,14-15,20,25,28H,13,16-17H2,1-3H3,(H,33,36)(H,38,39)/t20-,25+,28-/m1/s1. The molecule has 2 aromatic carbocycles. The number of hydrogen-bond acceptors (Lipinski definition) is 7. The Bertz CT molecular complexity index is 1630. The van der Waals surface area contributed by atoms with Crippen LogP contribution in [0.1, 0.15) is 53.6 Å².